The summed E-state index contributed by atoms with van der Waals surface area (Å²) in [6, 6.07) is 7.75. The summed E-state index contributed by atoms with van der Waals surface area (Å²) in [7, 11) is 0. The molecule has 1 saturated heterocycles. The average molecular weight is 286 g/mol. The molecule has 6 nitrogen and oxygen atoms in total. The first-order chi connectivity index (χ1) is 10.2. The molecule has 1 aliphatic rings. The van der Waals surface area contributed by atoms with Gasteiger partial charge >= 0.3 is 0 Å². The number of benzene rings is 1. The number of rotatable bonds is 3. The van der Waals surface area contributed by atoms with Gasteiger partial charge in [-0.05, 0) is 37.5 Å². The number of aromatic nitrogens is 3. The molecule has 0 spiro atoms. The van der Waals surface area contributed by atoms with Crippen LogP contribution in [0.1, 0.15) is 28.9 Å². The normalized spacial score (nSPS) is 18.2. The Labute approximate surface area is 123 Å². The highest BCUT2D eigenvalue weighted by atomic mass is 16.3. The average Bonchev–Trinajstić information content (AvgIpc) is 3.15. The molecule has 0 bridgehead atoms. The molecule has 1 unspecified atom stereocenters. The summed E-state index contributed by atoms with van der Waals surface area (Å²) in [6.45, 7) is 2.67. The van der Waals surface area contributed by atoms with Gasteiger partial charge in [0.2, 0.25) is 0 Å². The second-order valence-corrected chi connectivity index (χ2v) is 5.36. The van der Waals surface area contributed by atoms with E-state index < -0.39 is 0 Å². The monoisotopic (exact) mass is 286 g/mol. The Bertz CT molecular complexity index is 653. The van der Waals surface area contributed by atoms with Crippen LogP contribution >= 0.6 is 0 Å². The summed E-state index contributed by atoms with van der Waals surface area (Å²) in [5.74, 6) is -0.162. The lowest BCUT2D eigenvalue weighted by Crippen LogP contribution is -2.37. The van der Waals surface area contributed by atoms with Crippen LogP contribution in [0.3, 0.4) is 0 Å². The van der Waals surface area contributed by atoms with Crippen LogP contribution in [0, 0.1) is 6.92 Å². The van der Waals surface area contributed by atoms with Crippen molar-refractivity contribution in [2.45, 2.75) is 25.8 Å². The molecule has 0 radical (unpaired) electrons. The number of aryl methyl sites for hydroxylation is 1. The van der Waals surface area contributed by atoms with E-state index in [1.54, 1.807) is 15.8 Å². The minimum atomic E-state index is -0.162. The molecule has 1 aromatic heterocycles. The lowest BCUT2D eigenvalue weighted by Gasteiger charge is -2.21. The highest BCUT2D eigenvalue weighted by Crippen LogP contribution is 2.19. The van der Waals surface area contributed by atoms with Crippen LogP contribution in [-0.4, -0.2) is 50.1 Å². The molecule has 1 N–H and O–H groups in total. The van der Waals surface area contributed by atoms with Gasteiger partial charge in [-0.1, -0.05) is 17.3 Å². The van der Waals surface area contributed by atoms with E-state index >= 15 is 0 Å². The predicted octanol–water partition coefficient (Wildman–Crippen LogP) is 1.17. The third-order valence-corrected chi connectivity index (χ3v) is 3.83. The minimum absolute atomic E-state index is 0.00223. The van der Waals surface area contributed by atoms with E-state index in [-0.39, 0.29) is 18.6 Å². The standard InChI is InChI=1S/C15H18N4O2/c1-11-4-2-5-12(8-11)19-9-14(16-17-19)15(21)18-7-3-6-13(18)10-20/h2,4-5,8-9,13,20H,3,6-7,10H2,1H3. The molecule has 2 heterocycles. The molecule has 3 rings (SSSR count). The zero-order valence-electron chi connectivity index (χ0n) is 11.9. The molecule has 6 heteroatoms. The second-order valence-electron chi connectivity index (χ2n) is 5.36. The van der Waals surface area contributed by atoms with Crippen LogP contribution in [0.15, 0.2) is 30.5 Å². The van der Waals surface area contributed by atoms with Crippen molar-refractivity contribution in [1.82, 2.24) is 19.9 Å². The van der Waals surface area contributed by atoms with Gasteiger partial charge < -0.3 is 10.0 Å². The second kappa shape index (κ2) is 5.65. The number of carbonyl (C=O) groups is 1. The van der Waals surface area contributed by atoms with E-state index in [0.29, 0.717) is 12.2 Å². The molecule has 1 aromatic carbocycles. The van der Waals surface area contributed by atoms with Crippen LogP contribution in [0.5, 0.6) is 0 Å². The van der Waals surface area contributed by atoms with Gasteiger partial charge in [0.15, 0.2) is 5.69 Å². The summed E-state index contributed by atoms with van der Waals surface area (Å²) in [5, 5.41) is 17.3. The largest absolute Gasteiger partial charge is 0.394 e. The van der Waals surface area contributed by atoms with Crippen molar-refractivity contribution in [2.75, 3.05) is 13.2 Å². The summed E-state index contributed by atoms with van der Waals surface area (Å²) < 4.78 is 1.60. The first kappa shape index (κ1) is 13.8. The first-order valence-corrected chi connectivity index (χ1v) is 7.10. The maximum absolute atomic E-state index is 12.4. The zero-order valence-corrected chi connectivity index (χ0v) is 11.9. The van der Waals surface area contributed by atoms with Crippen molar-refractivity contribution in [3.63, 3.8) is 0 Å². The fourth-order valence-corrected chi connectivity index (χ4v) is 2.70. The highest BCUT2D eigenvalue weighted by molar-refractivity contribution is 5.92. The molecule has 1 aliphatic heterocycles. The summed E-state index contributed by atoms with van der Waals surface area (Å²) >= 11 is 0. The van der Waals surface area contributed by atoms with E-state index in [4.69, 9.17) is 0 Å². The number of nitrogens with zero attached hydrogens (tertiary/aromatic N) is 4. The van der Waals surface area contributed by atoms with Crippen LogP contribution in [-0.2, 0) is 0 Å². The van der Waals surface area contributed by atoms with Crippen molar-refractivity contribution in [3.8, 4) is 5.69 Å². The molecule has 0 saturated carbocycles. The Morgan fingerprint density at radius 3 is 3.10 bits per heavy atom. The molecule has 0 aliphatic carbocycles. The number of carbonyl (C=O) groups excluding carboxylic acids is 1. The van der Waals surface area contributed by atoms with E-state index in [2.05, 4.69) is 10.3 Å². The molecule has 1 atom stereocenters. The Balaban J connectivity index is 1.83. The lowest BCUT2D eigenvalue weighted by atomic mass is 10.2. The van der Waals surface area contributed by atoms with Crippen molar-refractivity contribution in [1.29, 1.82) is 0 Å². The van der Waals surface area contributed by atoms with Gasteiger partial charge in [0, 0.05) is 6.54 Å². The van der Waals surface area contributed by atoms with Crippen LogP contribution in [0.4, 0.5) is 0 Å². The number of amides is 1. The summed E-state index contributed by atoms with van der Waals surface area (Å²) in [5.41, 5.74) is 2.31. The maximum atomic E-state index is 12.4. The zero-order chi connectivity index (χ0) is 14.8. The highest BCUT2D eigenvalue weighted by Gasteiger charge is 2.30. The Morgan fingerprint density at radius 2 is 2.33 bits per heavy atom. The Kier molecular flexibility index (Phi) is 3.70. The minimum Gasteiger partial charge on any atom is -0.394 e. The number of hydrogen-bond acceptors (Lipinski definition) is 4. The van der Waals surface area contributed by atoms with Crippen LogP contribution < -0.4 is 0 Å². The van der Waals surface area contributed by atoms with Gasteiger partial charge in [-0.3, -0.25) is 4.79 Å². The SMILES string of the molecule is Cc1cccc(-n2cc(C(=O)N3CCCC3CO)nn2)c1. The predicted molar refractivity (Wildman–Crippen MR) is 77.2 cm³/mol. The van der Waals surface area contributed by atoms with E-state index in [1.807, 2.05) is 31.2 Å². The molecule has 21 heavy (non-hydrogen) atoms. The van der Waals surface area contributed by atoms with Crippen molar-refractivity contribution < 1.29 is 9.90 Å². The van der Waals surface area contributed by atoms with E-state index in [0.717, 1.165) is 24.1 Å². The maximum Gasteiger partial charge on any atom is 0.276 e. The lowest BCUT2D eigenvalue weighted by molar-refractivity contribution is 0.0671. The van der Waals surface area contributed by atoms with Crippen molar-refractivity contribution in [3.05, 3.63) is 41.7 Å². The van der Waals surface area contributed by atoms with Gasteiger partial charge in [-0.2, -0.15) is 0 Å². The van der Waals surface area contributed by atoms with Crippen LogP contribution in [0.25, 0.3) is 5.69 Å². The van der Waals surface area contributed by atoms with Gasteiger partial charge in [0.1, 0.15) is 0 Å². The quantitative estimate of drug-likeness (QED) is 0.919. The number of aliphatic hydroxyl groups is 1. The topological polar surface area (TPSA) is 71.2 Å². The fraction of sp³-hybridized carbons (Fsp3) is 0.400. The number of likely N-dealkylation sites (tertiary alicyclic amines) is 1. The smallest absolute Gasteiger partial charge is 0.276 e. The fourth-order valence-electron chi connectivity index (χ4n) is 2.70. The van der Waals surface area contributed by atoms with Gasteiger partial charge in [0.05, 0.1) is 24.5 Å². The van der Waals surface area contributed by atoms with Gasteiger partial charge in [-0.25, -0.2) is 4.68 Å². The number of hydrogen-bond donors (Lipinski definition) is 1. The van der Waals surface area contributed by atoms with E-state index in [9.17, 15) is 9.90 Å². The molecular formula is C15H18N4O2. The molecule has 110 valence electrons. The molecule has 2 aromatic rings. The van der Waals surface area contributed by atoms with Crippen molar-refractivity contribution >= 4 is 5.91 Å². The van der Waals surface area contributed by atoms with Crippen molar-refractivity contribution in [2.24, 2.45) is 0 Å². The molecular weight excluding hydrogens is 268 g/mol. The third-order valence-electron chi connectivity index (χ3n) is 3.83. The molecule has 1 amide bonds. The Hall–Kier alpha value is -2.21. The molecule has 1 fully saturated rings. The van der Waals surface area contributed by atoms with Crippen LogP contribution in [0.2, 0.25) is 0 Å². The van der Waals surface area contributed by atoms with Gasteiger partial charge in [-0.15, -0.1) is 5.10 Å². The van der Waals surface area contributed by atoms with E-state index in [1.165, 1.54) is 0 Å². The third kappa shape index (κ3) is 2.67. The summed E-state index contributed by atoms with van der Waals surface area (Å²) in [6.07, 6.45) is 3.40. The van der Waals surface area contributed by atoms with Gasteiger partial charge in [0.25, 0.3) is 5.91 Å². The number of aliphatic hydroxyl groups excluding tert-OH is 1. The summed E-state index contributed by atoms with van der Waals surface area (Å²) in [4.78, 5) is 14.1. The first-order valence-electron chi connectivity index (χ1n) is 7.10. The Morgan fingerprint density at radius 1 is 1.48 bits per heavy atom.